The summed E-state index contributed by atoms with van der Waals surface area (Å²) < 4.78 is 1.50. The van der Waals surface area contributed by atoms with Crippen LogP contribution in [-0.4, -0.2) is 14.7 Å². The number of aryl methyl sites for hydroxylation is 1. The number of nitro groups is 1. The van der Waals surface area contributed by atoms with Crippen molar-refractivity contribution in [2.45, 2.75) is 11.8 Å². The van der Waals surface area contributed by atoms with Gasteiger partial charge in [0.05, 0.1) is 28.7 Å². The summed E-state index contributed by atoms with van der Waals surface area (Å²) in [4.78, 5) is 9.88. The van der Waals surface area contributed by atoms with Gasteiger partial charge in [-0.1, -0.05) is 15.9 Å². The smallest absolute Gasteiger partial charge is 0.358 e. The summed E-state index contributed by atoms with van der Waals surface area (Å²) >= 11 is 3.31. The fourth-order valence-electron chi connectivity index (χ4n) is 0.927. The summed E-state index contributed by atoms with van der Waals surface area (Å²) in [5, 5.41) is 14.0. The van der Waals surface area contributed by atoms with Gasteiger partial charge >= 0.3 is 5.82 Å². The Labute approximate surface area is 77.7 Å². The van der Waals surface area contributed by atoms with Gasteiger partial charge in [0.2, 0.25) is 0 Å². The van der Waals surface area contributed by atoms with Crippen LogP contribution < -0.4 is 0 Å². The summed E-state index contributed by atoms with van der Waals surface area (Å²) in [6, 6.07) is 1.46. The second-order valence-electron chi connectivity index (χ2n) is 2.42. The quantitative estimate of drug-likeness (QED) is 0.445. The van der Waals surface area contributed by atoms with E-state index in [2.05, 4.69) is 21.0 Å². The summed E-state index contributed by atoms with van der Waals surface area (Å²) in [6.07, 6.45) is 0. The van der Waals surface area contributed by atoms with E-state index in [1.54, 1.807) is 7.05 Å². The fraction of sp³-hybridized carbons (Fsp3) is 0.500. The first-order chi connectivity index (χ1) is 5.52. The van der Waals surface area contributed by atoms with Crippen LogP contribution >= 0.6 is 15.9 Å². The highest BCUT2D eigenvalue weighted by atomic mass is 79.9. The van der Waals surface area contributed by atoms with Crippen molar-refractivity contribution in [3.05, 3.63) is 21.9 Å². The van der Waals surface area contributed by atoms with Crippen LogP contribution in [0, 0.1) is 10.1 Å². The Kier molecular flexibility index (Phi) is 2.46. The molecule has 0 fully saturated rings. The molecule has 12 heavy (non-hydrogen) atoms. The zero-order valence-electron chi connectivity index (χ0n) is 6.69. The van der Waals surface area contributed by atoms with E-state index in [9.17, 15) is 10.1 Å². The summed E-state index contributed by atoms with van der Waals surface area (Å²) in [5.41, 5.74) is 0.793. The summed E-state index contributed by atoms with van der Waals surface area (Å²) in [5.74, 6) is -0.112. The molecule has 66 valence electrons. The van der Waals surface area contributed by atoms with Crippen molar-refractivity contribution >= 4 is 21.7 Å². The van der Waals surface area contributed by atoms with E-state index in [4.69, 9.17) is 0 Å². The Balaban J connectivity index is 3.09. The molecule has 0 radical (unpaired) electrons. The maximum atomic E-state index is 10.3. The highest BCUT2D eigenvalue weighted by molar-refractivity contribution is 9.09. The van der Waals surface area contributed by atoms with Crippen LogP contribution in [0.1, 0.15) is 17.4 Å². The predicted octanol–water partition coefficient (Wildman–Crippen LogP) is 1.78. The zero-order chi connectivity index (χ0) is 9.30. The Morgan fingerprint density at radius 2 is 2.42 bits per heavy atom. The number of hydrogen-bond donors (Lipinski definition) is 0. The van der Waals surface area contributed by atoms with Gasteiger partial charge in [-0.3, -0.25) is 0 Å². The predicted molar refractivity (Wildman–Crippen MR) is 47.2 cm³/mol. The second-order valence-corrected chi connectivity index (χ2v) is 3.80. The molecule has 6 heteroatoms. The van der Waals surface area contributed by atoms with Gasteiger partial charge in [-0.15, -0.1) is 0 Å². The molecular weight excluding hydrogens is 226 g/mol. The average molecular weight is 234 g/mol. The van der Waals surface area contributed by atoms with Crippen molar-refractivity contribution in [1.29, 1.82) is 0 Å². The SMILES string of the molecule is CC(Br)c1cc([N+](=O)[O-])nn1C. The van der Waals surface area contributed by atoms with Gasteiger partial charge in [0, 0.05) is 0 Å². The molecule has 0 spiro atoms. The van der Waals surface area contributed by atoms with Crippen molar-refractivity contribution in [2.75, 3.05) is 0 Å². The second kappa shape index (κ2) is 3.22. The molecule has 1 aromatic heterocycles. The molecule has 0 aliphatic rings. The maximum absolute atomic E-state index is 10.3. The standard InChI is InChI=1S/C6H8BrN3O2/c1-4(7)5-3-6(10(11)12)8-9(5)2/h3-4H,1-2H3. The van der Waals surface area contributed by atoms with Crippen LogP contribution in [0.4, 0.5) is 5.82 Å². The van der Waals surface area contributed by atoms with E-state index in [1.807, 2.05) is 6.92 Å². The molecule has 1 aromatic rings. The van der Waals surface area contributed by atoms with Gasteiger partial charge in [0.1, 0.15) is 0 Å². The van der Waals surface area contributed by atoms with Gasteiger partial charge in [0.15, 0.2) is 0 Å². The first-order valence-electron chi connectivity index (χ1n) is 3.34. The molecule has 0 aliphatic heterocycles. The molecule has 0 aliphatic carbocycles. The molecule has 0 N–H and O–H groups in total. The highest BCUT2D eigenvalue weighted by Crippen LogP contribution is 2.23. The largest absolute Gasteiger partial charge is 0.390 e. The van der Waals surface area contributed by atoms with E-state index in [0.717, 1.165) is 5.69 Å². The van der Waals surface area contributed by atoms with Crippen LogP contribution in [-0.2, 0) is 7.05 Å². The number of hydrogen-bond acceptors (Lipinski definition) is 3. The maximum Gasteiger partial charge on any atom is 0.390 e. The first-order valence-corrected chi connectivity index (χ1v) is 4.26. The Morgan fingerprint density at radius 1 is 1.83 bits per heavy atom. The molecule has 0 bridgehead atoms. The zero-order valence-corrected chi connectivity index (χ0v) is 8.28. The number of rotatable bonds is 2. The molecule has 1 heterocycles. The van der Waals surface area contributed by atoms with Crippen LogP contribution in [0.25, 0.3) is 0 Å². The van der Waals surface area contributed by atoms with Crippen LogP contribution in [0.3, 0.4) is 0 Å². The third-order valence-electron chi connectivity index (χ3n) is 1.50. The van der Waals surface area contributed by atoms with Crippen molar-refractivity contribution < 1.29 is 4.92 Å². The van der Waals surface area contributed by atoms with E-state index in [0.29, 0.717) is 0 Å². The lowest BCUT2D eigenvalue weighted by molar-refractivity contribution is -0.389. The summed E-state index contributed by atoms with van der Waals surface area (Å²) in [7, 11) is 1.68. The molecular formula is C6H8BrN3O2. The third-order valence-corrected chi connectivity index (χ3v) is 1.97. The number of alkyl halides is 1. The third kappa shape index (κ3) is 1.63. The Morgan fingerprint density at radius 3 is 2.67 bits per heavy atom. The van der Waals surface area contributed by atoms with Crippen molar-refractivity contribution in [3.8, 4) is 0 Å². The van der Waals surface area contributed by atoms with E-state index >= 15 is 0 Å². The van der Waals surface area contributed by atoms with E-state index in [1.165, 1.54) is 10.7 Å². The topological polar surface area (TPSA) is 61.0 Å². The number of aromatic nitrogens is 2. The lowest BCUT2D eigenvalue weighted by Gasteiger charge is -1.97. The van der Waals surface area contributed by atoms with E-state index in [-0.39, 0.29) is 10.6 Å². The van der Waals surface area contributed by atoms with Crippen molar-refractivity contribution in [2.24, 2.45) is 7.05 Å². The molecule has 0 aromatic carbocycles. The molecule has 0 saturated carbocycles. The normalized spacial score (nSPS) is 12.9. The average Bonchev–Trinajstić information content (AvgIpc) is 2.30. The monoisotopic (exact) mass is 233 g/mol. The minimum Gasteiger partial charge on any atom is -0.358 e. The fourth-order valence-corrected chi connectivity index (χ4v) is 1.36. The van der Waals surface area contributed by atoms with Gasteiger partial charge in [0.25, 0.3) is 0 Å². The Bertz CT molecular complexity index is 308. The lowest BCUT2D eigenvalue weighted by atomic mass is 10.3. The molecule has 1 rings (SSSR count). The molecule has 1 atom stereocenters. The minimum atomic E-state index is -0.501. The van der Waals surface area contributed by atoms with Gasteiger partial charge in [-0.05, 0) is 11.8 Å². The van der Waals surface area contributed by atoms with Gasteiger partial charge < -0.3 is 10.1 Å². The minimum absolute atomic E-state index is 0.0729. The summed E-state index contributed by atoms with van der Waals surface area (Å²) in [6.45, 7) is 1.89. The van der Waals surface area contributed by atoms with Crippen LogP contribution in [0.15, 0.2) is 6.07 Å². The van der Waals surface area contributed by atoms with Gasteiger partial charge in [-0.25, -0.2) is 0 Å². The number of halogens is 1. The van der Waals surface area contributed by atoms with Crippen LogP contribution in [0.5, 0.6) is 0 Å². The van der Waals surface area contributed by atoms with Crippen LogP contribution in [0.2, 0.25) is 0 Å². The van der Waals surface area contributed by atoms with Crippen molar-refractivity contribution in [1.82, 2.24) is 9.78 Å². The van der Waals surface area contributed by atoms with Crippen molar-refractivity contribution in [3.63, 3.8) is 0 Å². The molecule has 0 saturated heterocycles. The first kappa shape index (κ1) is 9.18. The highest BCUT2D eigenvalue weighted by Gasteiger charge is 2.17. The van der Waals surface area contributed by atoms with E-state index < -0.39 is 4.92 Å². The Hall–Kier alpha value is -0.910. The molecule has 0 amide bonds. The molecule has 1 unspecified atom stereocenters. The lowest BCUT2D eigenvalue weighted by Crippen LogP contribution is -1.98. The molecule has 5 nitrogen and oxygen atoms in total. The number of nitrogens with zero attached hydrogens (tertiary/aromatic N) is 3. The van der Waals surface area contributed by atoms with Gasteiger partial charge in [-0.2, -0.15) is 4.68 Å².